The summed E-state index contributed by atoms with van der Waals surface area (Å²) in [4.78, 5) is 12.6. The molecule has 0 aromatic rings. The monoisotopic (exact) mass is 249 g/mol. The van der Waals surface area contributed by atoms with Gasteiger partial charge >= 0.3 is 5.63 Å². The van der Waals surface area contributed by atoms with E-state index >= 15 is 0 Å². The van der Waals surface area contributed by atoms with Crippen LogP contribution in [-0.4, -0.2) is 12.5 Å². The van der Waals surface area contributed by atoms with Crippen molar-refractivity contribution in [1.29, 1.82) is 0 Å². The maximum atomic E-state index is 11.8. The molecule has 0 saturated carbocycles. The van der Waals surface area contributed by atoms with E-state index in [1.165, 1.54) is 5.56 Å². The summed E-state index contributed by atoms with van der Waals surface area (Å²) in [5.74, 6) is 1.14. The fraction of sp³-hybridized carbons (Fsp3) is 0.357. The largest absolute Gasteiger partial charge is 0.419 e. The first-order valence-electron chi connectivity index (χ1n) is 5.65. The highest BCUT2D eigenvalue weighted by Gasteiger charge is 2.27. The van der Waals surface area contributed by atoms with E-state index in [2.05, 4.69) is 26.0 Å². The highest BCUT2D eigenvalue weighted by molar-refractivity contribution is 7.95. The van der Waals surface area contributed by atoms with Gasteiger partial charge in [-0.25, -0.2) is 4.79 Å². The standard InChI is InChI=1S/C14H17O2S/c1-9(2)10-6-5-7-12-11(8-10)13(17(3)4)14(15)16-12/h5-9H,1-4H3/q+1. The van der Waals surface area contributed by atoms with Gasteiger partial charge in [-0.3, -0.25) is 0 Å². The first kappa shape index (κ1) is 12.2. The van der Waals surface area contributed by atoms with Gasteiger partial charge in [-0.05, 0) is 23.6 Å². The van der Waals surface area contributed by atoms with Gasteiger partial charge < -0.3 is 4.42 Å². The summed E-state index contributed by atoms with van der Waals surface area (Å²) in [7, 11) is -0.0833. The zero-order valence-electron chi connectivity index (χ0n) is 10.6. The summed E-state index contributed by atoms with van der Waals surface area (Å²) in [5.41, 5.74) is 2.01. The van der Waals surface area contributed by atoms with Gasteiger partial charge in [0, 0.05) is 10.9 Å². The number of fused-ring (bicyclic) bond motifs is 1. The molecule has 0 bridgehead atoms. The molecule has 0 saturated heterocycles. The van der Waals surface area contributed by atoms with Gasteiger partial charge in [0.1, 0.15) is 18.3 Å². The molecule has 90 valence electrons. The van der Waals surface area contributed by atoms with Crippen molar-refractivity contribution < 1.29 is 4.42 Å². The van der Waals surface area contributed by atoms with E-state index in [0.29, 0.717) is 11.7 Å². The molecule has 0 aromatic carbocycles. The van der Waals surface area contributed by atoms with Crippen molar-refractivity contribution in [3.8, 4) is 11.3 Å². The van der Waals surface area contributed by atoms with Crippen molar-refractivity contribution in [3.05, 3.63) is 40.2 Å². The van der Waals surface area contributed by atoms with Crippen LogP contribution in [-0.2, 0) is 10.9 Å². The molecule has 2 aliphatic rings. The minimum Gasteiger partial charge on any atom is -0.419 e. The van der Waals surface area contributed by atoms with Crippen molar-refractivity contribution in [2.24, 2.45) is 0 Å². The second kappa shape index (κ2) is 4.57. The molecule has 3 heteroatoms. The molecule has 0 unspecified atom stereocenters. The van der Waals surface area contributed by atoms with Gasteiger partial charge in [-0.15, -0.1) is 0 Å². The predicted octanol–water partition coefficient (Wildman–Crippen LogP) is 3.10. The maximum absolute atomic E-state index is 11.8. The van der Waals surface area contributed by atoms with E-state index < -0.39 is 0 Å². The lowest BCUT2D eigenvalue weighted by molar-refractivity contribution is 0.537. The van der Waals surface area contributed by atoms with E-state index in [1.807, 2.05) is 24.6 Å². The van der Waals surface area contributed by atoms with Crippen LogP contribution in [0, 0.1) is 0 Å². The lowest BCUT2D eigenvalue weighted by atomic mass is 10.0. The van der Waals surface area contributed by atoms with Gasteiger partial charge in [0.05, 0.1) is 5.56 Å². The summed E-state index contributed by atoms with van der Waals surface area (Å²) in [6.45, 7) is 4.30. The quantitative estimate of drug-likeness (QED) is 0.766. The Kier molecular flexibility index (Phi) is 3.29. The van der Waals surface area contributed by atoms with Gasteiger partial charge in [-0.1, -0.05) is 26.0 Å². The van der Waals surface area contributed by atoms with Crippen molar-refractivity contribution >= 4 is 10.9 Å². The molecular formula is C14H17O2S+. The molecule has 0 N–H and O–H groups in total. The minimum absolute atomic E-state index is 0.0833. The first-order chi connectivity index (χ1) is 8.00. The van der Waals surface area contributed by atoms with Gasteiger partial charge in [0.15, 0.2) is 0 Å². The molecule has 0 fully saturated rings. The minimum atomic E-state index is -0.186. The highest BCUT2D eigenvalue weighted by Crippen LogP contribution is 2.29. The van der Waals surface area contributed by atoms with Crippen LogP contribution in [0.3, 0.4) is 0 Å². The third kappa shape index (κ3) is 2.25. The van der Waals surface area contributed by atoms with Crippen molar-refractivity contribution in [2.45, 2.75) is 24.7 Å². The lowest BCUT2D eigenvalue weighted by Gasteiger charge is -2.01. The Balaban J connectivity index is 2.75. The Morgan fingerprint density at radius 2 is 1.94 bits per heavy atom. The van der Waals surface area contributed by atoms with Gasteiger partial charge in [0.2, 0.25) is 0 Å². The van der Waals surface area contributed by atoms with Crippen molar-refractivity contribution in [1.82, 2.24) is 0 Å². The summed E-state index contributed by atoms with van der Waals surface area (Å²) < 4.78 is 5.31. The van der Waals surface area contributed by atoms with Crippen LogP contribution in [0.1, 0.15) is 25.3 Å². The average molecular weight is 249 g/mol. The normalized spacial score (nSPS) is 11.6. The highest BCUT2D eigenvalue weighted by atomic mass is 32.2. The van der Waals surface area contributed by atoms with Crippen LogP contribution >= 0.6 is 0 Å². The molecule has 0 spiro atoms. The Morgan fingerprint density at radius 3 is 2.53 bits per heavy atom. The Morgan fingerprint density at radius 1 is 1.24 bits per heavy atom. The summed E-state index contributed by atoms with van der Waals surface area (Å²) in [6, 6.07) is 8.00. The van der Waals surface area contributed by atoms with Crippen LogP contribution in [0.5, 0.6) is 0 Å². The average Bonchev–Trinajstić information content (AvgIpc) is 2.42. The second-order valence-electron chi connectivity index (χ2n) is 4.64. The molecular weight excluding hydrogens is 232 g/mol. The SMILES string of the molecule is CC(C)c1cccc2oc(=O)c([S+](C)C)c-2c1. The summed E-state index contributed by atoms with van der Waals surface area (Å²) in [5, 5.41) is 0. The van der Waals surface area contributed by atoms with E-state index in [4.69, 9.17) is 4.42 Å². The number of furan rings is 1. The van der Waals surface area contributed by atoms with Crippen molar-refractivity contribution in [3.63, 3.8) is 0 Å². The third-order valence-electron chi connectivity index (χ3n) is 2.82. The van der Waals surface area contributed by atoms with Crippen LogP contribution in [0.25, 0.3) is 11.3 Å². The van der Waals surface area contributed by atoms with Gasteiger partial charge in [-0.2, -0.15) is 0 Å². The molecule has 0 amide bonds. The van der Waals surface area contributed by atoms with Crippen LogP contribution in [0.4, 0.5) is 0 Å². The van der Waals surface area contributed by atoms with E-state index in [1.54, 1.807) is 0 Å². The predicted molar refractivity (Wildman–Crippen MR) is 73.2 cm³/mol. The zero-order chi connectivity index (χ0) is 12.6. The topological polar surface area (TPSA) is 30.2 Å². The van der Waals surface area contributed by atoms with Crippen LogP contribution in [0.2, 0.25) is 0 Å². The molecule has 0 atom stereocenters. The molecule has 2 nitrogen and oxygen atoms in total. The molecule has 0 radical (unpaired) electrons. The Hall–Kier alpha value is -1.22. The molecule has 1 aliphatic carbocycles. The number of rotatable bonds is 2. The maximum Gasteiger partial charge on any atom is 0.393 e. The smallest absolute Gasteiger partial charge is 0.393 e. The summed E-state index contributed by atoms with van der Waals surface area (Å²) in [6.07, 6.45) is 4.10. The fourth-order valence-electron chi connectivity index (χ4n) is 1.89. The Labute approximate surface area is 104 Å². The zero-order valence-corrected chi connectivity index (χ0v) is 11.4. The Bertz CT molecular complexity index is 555. The molecule has 17 heavy (non-hydrogen) atoms. The van der Waals surface area contributed by atoms with Crippen LogP contribution in [0.15, 0.2) is 38.4 Å². The number of hydrogen-bond donors (Lipinski definition) is 0. The molecule has 2 rings (SSSR count). The molecule has 1 heterocycles. The lowest BCUT2D eigenvalue weighted by Crippen LogP contribution is -2.07. The van der Waals surface area contributed by atoms with E-state index in [-0.39, 0.29) is 16.5 Å². The van der Waals surface area contributed by atoms with Crippen molar-refractivity contribution in [2.75, 3.05) is 12.5 Å². The van der Waals surface area contributed by atoms with E-state index in [9.17, 15) is 4.79 Å². The summed E-state index contributed by atoms with van der Waals surface area (Å²) >= 11 is 0. The fourth-order valence-corrected chi connectivity index (χ4v) is 2.86. The van der Waals surface area contributed by atoms with E-state index in [0.717, 1.165) is 10.5 Å². The third-order valence-corrected chi connectivity index (χ3v) is 4.02. The van der Waals surface area contributed by atoms with Gasteiger partial charge in [0.25, 0.3) is 4.90 Å². The molecule has 1 aliphatic heterocycles. The number of hydrogen-bond acceptors (Lipinski definition) is 2. The second-order valence-corrected chi connectivity index (χ2v) is 6.68. The van der Waals surface area contributed by atoms with Crippen LogP contribution < -0.4 is 5.63 Å². The first-order valence-corrected chi connectivity index (χ1v) is 7.69. The molecule has 0 aromatic heterocycles.